The van der Waals surface area contributed by atoms with Crippen molar-refractivity contribution in [2.75, 3.05) is 26.3 Å². The predicted molar refractivity (Wildman–Crippen MR) is 90.7 cm³/mol. The molecule has 0 unspecified atom stereocenters. The number of hydrogen-bond acceptors (Lipinski definition) is 2. The maximum atomic E-state index is 5.57. The van der Waals surface area contributed by atoms with E-state index >= 15 is 0 Å². The molecule has 0 radical (unpaired) electrons. The van der Waals surface area contributed by atoms with Gasteiger partial charge in [0.1, 0.15) is 0 Å². The average molecular weight is 352 g/mol. The third-order valence-electron chi connectivity index (χ3n) is 5.32. The molecule has 21 heavy (non-hydrogen) atoms. The molecule has 2 nitrogen and oxygen atoms in total. The highest BCUT2D eigenvalue weighted by molar-refractivity contribution is 9.10. The lowest BCUT2D eigenvalue weighted by Crippen LogP contribution is -2.56. The van der Waals surface area contributed by atoms with Crippen LogP contribution in [0.1, 0.15) is 44.6 Å². The van der Waals surface area contributed by atoms with Crippen molar-refractivity contribution in [3.8, 4) is 0 Å². The van der Waals surface area contributed by atoms with Gasteiger partial charge in [-0.15, -0.1) is 0 Å². The minimum absolute atomic E-state index is 0.312. The number of ether oxygens (including phenoxy) is 1. The van der Waals surface area contributed by atoms with Gasteiger partial charge in [0, 0.05) is 29.6 Å². The van der Waals surface area contributed by atoms with Crippen molar-refractivity contribution in [2.45, 2.75) is 44.4 Å². The monoisotopic (exact) mass is 351 g/mol. The zero-order chi connectivity index (χ0) is 14.8. The van der Waals surface area contributed by atoms with Gasteiger partial charge in [0.25, 0.3) is 0 Å². The summed E-state index contributed by atoms with van der Waals surface area (Å²) in [6.45, 7) is 6.36. The number of hydrogen-bond donors (Lipinski definition) is 1. The summed E-state index contributed by atoms with van der Waals surface area (Å²) in [5.41, 5.74) is 2.35. The highest BCUT2D eigenvalue weighted by atomic mass is 79.9. The molecular formula is C18H26BrNO. The standard InChI is InChI=1S/C18H26BrNO/c1-2-9-20-14-18(15-5-3-4-6-16(15)19)12-17(13-18)7-10-21-11-8-17/h3-6,20H,2,7-14H2,1H3. The molecule has 1 N–H and O–H groups in total. The van der Waals surface area contributed by atoms with Crippen molar-refractivity contribution < 1.29 is 4.74 Å². The third kappa shape index (κ3) is 3.06. The van der Waals surface area contributed by atoms with Crippen LogP contribution in [0.5, 0.6) is 0 Å². The molecule has 0 bridgehead atoms. The van der Waals surface area contributed by atoms with E-state index in [-0.39, 0.29) is 0 Å². The Morgan fingerprint density at radius 3 is 2.57 bits per heavy atom. The van der Waals surface area contributed by atoms with Crippen LogP contribution in [0.4, 0.5) is 0 Å². The first kappa shape index (κ1) is 15.5. The lowest BCUT2D eigenvalue weighted by Gasteiger charge is -2.59. The van der Waals surface area contributed by atoms with Crippen molar-refractivity contribution >= 4 is 15.9 Å². The summed E-state index contributed by atoms with van der Waals surface area (Å²) in [5, 5.41) is 3.67. The van der Waals surface area contributed by atoms with Crippen molar-refractivity contribution in [1.29, 1.82) is 0 Å². The predicted octanol–water partition coefficient (Wildman–Crippen LogP) is 4.28. The van der Waals surface area contributed by atoms with E-state index in [1.54, 1.807) is 0 Å². The Morgan fingerprint density at radius 1 is 1.19 bits per heavy atom. The minimum Gasteiger partial charge on any atom is -0.381 e. The molecule has 0 aromatic heterocycles. The summed E-state index contributed by atoms with van der Waals surface area (Å²) in [5.74, 6) is 0. The summed E-state index contributed by atoms with van der Waals surface area (Å²) >= 11 is 3.78. The topological polar surface area (TPSA) is 21.3 Å². The first-order valence-electron chi connectivity index (χ1n) is 8.23. The molecule has 3 rings (SSSR count). The average Bonchev–Trinajstić information content (AvgIpc) is 2.47. The Balaban J connectivity index is 1.79. The van der Waals surface area contributed by atoms with Crippen molar-refractivity contribution in [2.24, 2.45) is 5.41 Å². The fraction of sp³-hybridized carbons (Fsp3) is 0.667. The Morgan fingerprint density at radius 2 is 1.90 bits per heavy atom. The minimum atomic E-state index is 0.312. The molecule has 116 valence electrons. The van der Waals surface area contributed by atoms with Gasteiger partial charge in [0.2, 0.25) is 0 Å². The van der Waals surface area contributed by atoms with Crippen LogP contribution in [0.25, 0.3) is 0 Å². The molecule has 0 amide bonds. The van der Waals surface area contributed by atoms with Crippen LogP contribution >= 0.6 is 15.9 Å². The van der Waals surface area contributed by atoms with Crippen LogP contribution in [0.2, 0.25) is 0 Å². The second-order valence-electron chi connectivity index (χ2n) is 6.90. The molecular weight excluding hydrogens is 326 g/mol. The number of halogens is 1. The normalized spacial score (nSPS) is 23.0. The van der Waals surface area contributed by atoms with Gasteiger partial charge in [0.05, 0.1) is 0 Å². The first-order valence-corrected chi connectivity index (χ1v) is 9.03. The molecule has 1 aliphatic heterocycles. The van der Waals surface area contributed by atoms with Crippen molar-refractivity contribution in [1.82, 2.24) is 5.32 Å². The number of nitrogens with one attached hydrogen (secondary N) is 1. The molecule has 1 heterocycles. The van der Waals surface area contributed by atoms with Gasteiger partial charge in [-0.1, -0.05) is 41.1 Å². The molecule has 2 aliphatic rings. The smallest absolute Gasteiger partial charge is 0.0471 e. The van der Waals surface area contributed by atoms with E-state index in [0.717, 1.165) is 26.3 Å². The van der Waals surface area contributed by atoms with Crippen LogP contribution in [0.3, 0.4) is 0 Å². The van der Waals surface area contributed by atoms with E-state index in [4.69, 9.17) is 4.74 Å². The van der Waals surface area contributed by atoms with Crippen LogP contribution in [0.15, 0.2) is 28.7 Å². The summed E-state index contributed by atoms with van der Waals surface area (Å²) in [4.78, 5) is 0. The molecule has 1 aromatic rings. The molecule has 1 spiro atoms. The van der Waals surface area contributed by atoms with E-state index in [9.17, 15) is 0 Å². The van der Waals surface area contributed by atoms with Crippen LogP contribution in [-0.2, 0) is 10.2 Å². The van der Waals surface area contributed by atoms with Crippen molar-refractivity contribution in [3.63, 3.8) is 0 Å². The van der Waals surface area contributed by atoms with E-state index in [2.05, 4.69) is 52.4 Å². The maximum absolute atomic E-state index is 5.57. The van der Waals surface area contributed by atoms with Crippen molar-refractivity contribution in [3.05, 3.63) is 34.3 Å². The molecule has 0 atom stereocenters. The SMILES string of the molecule is CCCNCC1(c2ccccc2Br)CC2(CCOCC2)C1. The second-order valence-corrected chi connectivity index (χ2v) is 7.76. The summed E-state index contributed by atoms with van der Waals surface area (Å²) in [7, 11) is 0. The van der Waals surface area contributed by atoms with Gasteiger partial charge in [-0.3, -0.25) is 0 Å². The molecule has 3 heteroatoms. The highest BCUT2D eigenvalue weighted by Crippen LogP contribution is 2.60. The van der Waals surface area contributed by atoms with Gasteiger partial charge in [0.15, 0.2) is 0 Å². The fourth-order valence-electron chi connectivity index (χ4n) is 4.35. The first-order chi connectivity index (χ1) is 10.2. The maximum Gasteiger partial charge on any atom is 0.0471 e. The summed E-state index contributed by atoms with van der Waals surface area (Å²) in [6, 6.07) is 8.79. The zero-order valence-electron chi connectivity index (χ0n) is 13.0. The largest absolute Gasteiger partial charge is 0.381 e. The lowest BCUT2D eigenvalue weighted by atomic mass is 9.48. The zero-order valence-corrected chi connectivity index (χ0v) is 14.5. The van der Waals surface area contributed by atoms with Gasteiger partial charge in [-0.2, -0.15) is 0 Å². The Bertz CT molecular complexity index is 474. The van der Waals surface area contributed by atoms with E-state index in [1.807, 2.05) is 0 Å². The fourth-order valence-corrected chi connectivity index (χ4v) is 5.05. The van der Waals surface area contributed by atoms with E-state index < -0.39 is 0 Å². The van der Waals surface area contributed by atoms with E-state index in [1.165, 1.54) is 42.1 Å². The molecule has 2 fully saturated rings. The van der Waals surface area contributed by atoms with Gasteiger partial charge in [-0.05, 0) is 55.7 Å². The highest BCUT2D eigenvalue weighted by Gasteiger charge is 2.55. The Kier molecular flexibility index (Phi) is 4.72. The molecule has 1 saturated carbocycles. The number of rotatable bonds is 5. The second kappa shape index (κ2) is 6.39. The van der Waals surface area contributed by atoms with Gasteiger partial charge < -0.3 is 10.1 Å². The molecule has 1 saturated heterocycles. The number of benzene rings is 1. The Hall–Kier alpha value is -0.380. The molecule has 1 aliphatic carbocycles. The van der Waals surface area contributed by atoms with Gasteiger partial charge in [-0.25, -0.2) is 0 Å². The summed E-state index contributed by atoms with van der Waals surface area (Å²) < 4.78 is 6.84. The van der Waals surface area contributed by atoms with E-state index in [0.29, 0.717) is 10.8 Å². The van der Waals surface area contributed by atoms with Crippen LogP contribution in [-0.4, -0.2) is 26.3 Å². The van der Waals surface area contributed by atoms with Crippen LogP contribution < -0.4 is 5.32 Å². The van der Waals surface area contributed by atoms with Gasteiger partial charge >= 0.3 is 0 Å². The molecule has 1 aromatic carbocycles. The Labute approximate surface area is 136 Å². The lowest BCUT2D eigenvalue weighted by molar-refractivity contribution is -0.0738. The third-order valence-corrected chi connectivity index (χ3v) is 6.01. The van der Waals surface area contributed by atoms with Crippen LogP contribution in [0, 0.1) is 5.41 Å². The quantitative estimate of drug-likeness (QED) is 0.799. The summed E-state index contributed by atoms with van der Waals surface area (Å²) in [6.07, 6.45) is 6.30.